The van der Waals surface area contributed by atoms with Crippen molar-refractivity contribution in [2.75, 3.05) is 18.0 Å². The van der Waals surface area contributed by atoms with E-state index in [9.17, 15) is 30.7 Å². The second-order valence-corrected chi connectivity index (χ2v) is 4.34. The zero-order valence-electron chi connectivity index (χ0n) is 10.3. The maximum atomic E-state index is 13.7. The van der Waals surface area contributed by atoms with Crippen LogP contribution >= 0.6 is 0 Å². The summed E-state index contributed by atoms with van der Waals surface area (Å²) in [6.07, 6.45) is -6.37. The molecule has 9 heteroatoms. The van der Waals surface area contributed by atoms with Gasteiger partial charge in [0.05, 0.1) is 6.54 Å². The van der Waals surface area contributed by atoms with Gasteiger partial charge in [0, 0.05) is 12.2 Å². The summed E-state index contributed by atoms with van der Waals surface area (Å²) >= 11 is 0. The highest BCUT2D eigenvalue weighted by Gasteiger charge is 2.76. The summed E-state index contributed by atoms with van der Waals surface area (Å²) in [6.45, 7) is -0.476. The molecule has 0 aromatic heterocycles. The minimum atomic E-state index is -6.37. The summed E-state index contributed by atoms with van der Waals surface area (Å²) in [7, 11) is 0. The summed E-state index contributed by atoms with van der Waals surface area (Å²) < 4.78 is 90.2. The second-order valence-electron chi connectivity index (χ2n) is 4.34. The molecule has 116 valence electrons. The van der Waals surface area contributed by atoms with Gasteiger partial charge in [0.1, 0.15) is 0 Å². The van der Waals surface area contributed by atoms with Gasteiger partial charge in [-0.2, -0.15) is 30.7 Å². The molecule has 21 heavy (non-hydrogen) atoms. The monoisotopic (exact) mass is 314 g/mol. The van der Waals surface area contributed by atoms with Crippen molar-refractivity contribution >= 4 is 11.5 Å². The van der Waals surface area contributed by atoms with Crippen molar-refractivity contribution in [2.45, 2.75) is 18.0 Å². The first-order valence-electron chi connectivity index (χ1n) is 5.79. The summed E-state index contributed by atoms with van der Waals surface area (Å²) in [5.41, 5.74) is 0.0754. The predicted octanol–water partition coefficient (Wildman–Crippen LogP) is 3.74. The summed E-state index contributed by atoms with van der Waals surface area (Å²) in [5, 5.41) is 0. The zero-order valence-corrected chi connectivity index (χ0v) is 10.3. The number of halogens is 7. The van der Waals surface area contributed by atoms with Crippen LogP contribution in [0.3, 0.4) is 0 Å². The number of benzene rings is 1. The van der Waals surface area contributed by atoms with Crippen LogP contribution in [-0.2, 0) is 0 Å². The molecule has 0 aliphatic carbocycles. The first kappa shape index (κ1) is 15.6. The quantitative estimate of drug-likeness (QED) is 0.776. The first-order valence-corrected chi connectivity index (χ1v) is 5.79. The Morgan fingerprint density at radius 3 is 2.00 bits per heavy atom. The Labute approximate surface area is 114 Å². The van der Waals surface area contributed by atoms with Gasteiger partial charge in [0.2, 0.25) is 0 Å². The molecular formula is C12H9F7N2. The van der Waals surface area contributed by atoms with Gasteiger partial charge < -0.3 is 4.90 Å². The van der Waals surface area contributed by atoms with E-state index < -0.39 is 23.9 Å². The van der Waals surface area contributed by atoms with Gasteiger partial charge in [-0.25, -0.2) is 0 Å². The van der Waals surface area contributed by atoms with Crippen LogP contribution in [-0.4, -0.2) is 36.9 Å². The van der Waals surface area contributed by atoms with Gasteiger partial charge in [0.25, 0.3) is 0 Å². The predicted molar refractivity (Wildman–Crippen MR) is 62.0 cm³/mol. The van der Waals surface area contributed by atoms with E-state index in [4.69, 9.17) is 0 Å². The lowest BCUT2D eigenvalue weighted by Gasteiger charge is -2.32. The Morgan fingerprint density at radius 2 is 1.48 bits per heavy atom. The molecule has 1 aliphatic rings. The largest absolute Gasteiger partial charge is 0.460 e. The number of nitrogens with zero attached hydrogens (tertiary/aromatic N) is 2. The van der Waals surface area contributed by atoms with Gasteiger partial charge in [-0.05, 0) is 12.1 Å². The third-order valence-corrected chi connectivity index (χ3v) is 2.94. The first-order chi connectivity index (χ1) is 9.59. The van der Waals surface area contributed by atoms with Crippen LogP contribution in [0.25, 0.3) is 0 Å². The maximum absolute atomic E-state index is 13.7. The van der Waals surface area contributed by atoms with E-state index in [0.717, 1.165) is 0 Å². The summed E-state index contributed by atoms with van der Waals surface area (Å²) in [5.74, 6) is -13.2. The van der Waals surface area contributed by atoms with Crippen molar-refractivity contribution in [3.63, 3.8) is 0 Å². The van der Waals surface area contributed by atoms with E-state index in [1.807, 2.05) is 0 Å². The van der Waals surface area contributed by atoms with Crippen LogP contribution in [0, 0.1) is 0 Å². The minimum absolute atomic E-state index is 0.0754. The standard InChI is InChI=1S/C12H9F7N2/c13-10(14,11(15,16)12(17,18)19)9-20-6-7-21(9)8-4-2-1-3-5-8/h1-5H,6-7H2. The lowest BCUT2D eigenvalue weighted by molar-refractivity contribution is -0.336. The smallest absolute Gasteiger partial charge is 0.323 e. The Kier molecular flexibility index (Phi) is 3.63. The summed E-state index contributed by atoms with van der Waals surface area (Å²) in [4.78, 5) is 3.82. The van der Waals surface area contributed by atoms with Crippen LogP contribution in [0.4, 0.5) is 36.4 Å². The highest BCUT2D eigenvalue weighted by atomic mass is 19.4. The van der Waals surface area contributed by atoms with Gasteiger partial charge in [-0.1, -0.05) is 18.2 Å². The molecule has 0 unspecified atom stereocenters. The molecule has 0 saturated heterocycles. The number of aliphatic imine (C=N–C) groups is 1. The lowest BCUT2D eigenvalue weighted by Crippen LogP contribution is -2.59. The number of para-hydroxylation sites is 1. The fourth-order valence-electron chi connectivity index (χ4n) is 1.89. The molecule has 0 radical (unpaired) electrons. The molecule has 0 N–H and O–H groups in total. The average molecular weight is 314 g/mol. The van der Waals surface area contributed by atoms with Gasteiger partial charge in [0.15, 0.2) is 5.84 Å². The Bertz CT molecular complexity index is 536. The number of hydrogen-bond acceptors (Lipinski definition) is 2. The highest BCUT2D eigenvalue weighted by molar-refractivity contribution is 6.04. The molecule has 2 rings (SSSR count). The van der Waals surface area contributed by atoms with E-state index in [2.05, 4.69) is 4.99 Å². The fraction of sp³-hybridized carbons (Fsp3) is 0.417. The maximum Gasteiger partial charge on any atom is 0.460 e. The Balaban J connectivity index is 2.40. The molecule has 1 aliphatic heterocycles. The van der Waals surface area contributed by atoms with Crippen molar-refractivity contribution in [1.82, 2.24) is 0 Å². The van der Waals surface area contributed by atoms with Crippen molar-refractivity contribution in [3.8, 4) is 0 Å². The van der Waals surface area contributed by atoms with E-state index >= 15 is 0 Å². The van der Waals surface area contributed by atoms with Crippen molar-refractivity contribution in [2.24, 2.45) is 4.99 Å². The molecule has 0 saturated carbocycles. The van der Waals surface area contributed by atoms with Crippen LogP contribution in [0.5, 0.6) is 0 Å². The number of hydrogen-bond donors (Lipinski definition) is 0. The number of alkyl halides is 7. The van der Waals surface area contributed by atoms with E-state index in [1.54, 1.807) is 6.07 Å². The SMILES string of the molecule is FC(F)(F)C(F)(F)C(F)(F)C1=NCCN1c1ccccc1. The molecule has 0 bridgehead atoms. The van der Waals surface area contributed by atoms with Crippen LogP contribution < -0.4 is 4.90 Å². The number of amidine groups is 1. The molecule has 0 spiro atoms. The van der Waals surface area contributed by atoms with E-state index in [0.29, 0.717) is 4.90 Å². The van der Waals surface area contributed by atoms with Crippen molar-refractivity contribution in [1.29, 1.82) is 0 Å². The Hall–Kier alpha value is -1.80. The molecule has 1 aromatic rings. The fourth-order valence-corrected chi connectivity index (χ4v) is 1.89. The minimum Gasteiger partial charge on any atom is -0.323 e. The molecule has 1 heterocycles. The van der Waals surface area contributed by atoms with E-state index in [-0.39, 0.29) is 18.8 Å². The summed E-state index contributed by atoms with van der Waals surface area (Å²) in [6, 6.07) is 7.10. The van der Waals surface area contributed by atoms with Gasteiger partial charge in [-0.15, -0.1) is 0 Å². The third-order valence-electron chi connectivity index (χ3n) is 2.94. The average Bonchev–Trinajstić information content (AvgIpc) is 2.88. The lowest BCUT2D eigenvalue weighted by atomic mass is 10.1. The molecule has 0 atom stereocenters. The molecular weight excluding hydrogens is 305 g/mol. The topological polar surface area (TPSA) is 15.6 Å². The molecule has 1 aromatic carbocycles. The molecule has 0 fully saturated rings. The van der Waals surface area contributed by atoms with Gasteiger partial charge >= 0.3 is 18.0 Å². The van der Waals surface area contributed by atoms with Crippen LogP contribution in [0.1, 0.15) is 0 Å². The second kappa shape index (κ2) is 4.88. The highest BCUT2D eigenvalue weighted by Crippen LogP contribution is 2.48. The number of anilines is 1. The normalized spacial score (nSPS) is 17.1. The Morgan fingerprint density at radius 1 is 0.905 bits per heavy atom. The van der Waals surface area contributed by atoms with Crippen molar-refractivity contribution in [3.05, 3.63) is 30.3 Å². The number of rotatable bonds is 3. The van der Waals surface area contributed by atoms with Crippen LogP contribution in [0.15, 0.2) is 35.3 Å². The molecule has 2 nitrogen and oxygen atoms in total. The van der Waals surface area contributed by atoms with Crippen LogP contribution in [0.2, 0.25) is 0 Å². The third kappa shape index (κ3) is 2.44. The zero-order chi connectivity index (χ0) is 15.9. The van der Waals surface area contributed by atoms with Gasteiger partial charge in [-0.3, -0.25) is 4.99 Å². The van der Waals surface area contributed by atoms with E-state index in [1.165, 1.54) is 24.3 Å². The van der Waals surface area contributed by atoms with Crippen molar-refractivity contribution < 1.29 is 30.7 Å². The molecule has 0 amide bonds.